The van der Waals surface area contributed by atoms with Gasteiger partial charge in [0, 0.05) is 46.3 Å². The largest absolute Gasteiger partial charge is 1.00 e. The van der Waals surface area contributed by atoms with Crippen molar-refractivity contribution in [3.63, 3.8) is 0 Å². The molecule has 0 aliphatic rings. The predicted molar refractivity (Wildman–Crippen MR) is 149 cm³/mol. The van der Waals surface area contributed by atoms with E-state index in [2.05, 4.69) is 97.4 Å². The first-order chi connectivity index (χ1) is 16.9. The topological polar surface area (TPSA) is 31.8 Å². The molecule has 0 atom stereocenters. The number of aryl methyl sites for hydroxylation is 4. The van der Waals surface area contributed by atoms with Gasteiger partial charge in [0.2, 0.25) is 0 Å². The number of rotatable bonds is 6. The third kappa shape index (κ3) is 10.2. The Morgan fingerprint density at radius 3 is 1.12 bits per heavy atom. The molecule has 0 saturated carbocycles. The van der Waals surface area contributed by atoms with Gasteiger partial charge in [-0.15, -0.1) is 0 Å². The fourth-order valence-electron chi connectivity index (χ4n) is 5.04. The van der Waals surface area contributed by atoms with E-state index in [4.69, 9.17) is 0 Å². The van der Waals surface area contributed by atoms with E-state index < -0.39 is 0 Å². The number of benzene rings is 2. The zero-order valence-corrected chi connectivity index (χ0v) is 28.6. The van der Waals surface area contributed by atoms with Gasteiger partial charge in [-0.1, -0.05) is 36.4 Å². The average molecular weight is 732 g/mol. The SMILES string of the molecule is CC=[N+](c1ccccn1)c1c(C)cc(Cc2cc(C)c([N+](=CC)c3ccccn3)c(C)c2)cc1C.[Cl-].[Cl-].[Cl-].[Cl-].[Cu].[Cu]. The van der Waals surface area contributed by atoms with Gasteiger partial charge in [0.25, 0.3) is 0 Å². The zero-order valence-electron chi connectivity index (χ0n) is 23.7. The maximum absolute atomic E-state index is 4.55. The van der Waals surface area contributed by atoms with Gasteiger partial charge >= 0.3 is 11.6 Å². The van der Waals surface area contributed by atoms with Crippen LogP contribution in [0.4, 0.5) is 23.0 Å². The van der Waals surface area contributed by atoms with Gasteiger partial charge in [-0.3, -0.25) is 0 Å². The average Bonchev–Trinajstić information content (AvgIpc) is 2.84. The van der Waals surface area contributed by atoms with Crippen LogP contribution in [0.5, 0.6) is 0 Å². The quantitative estimate of drug-likeness (QED) is 0.113. The van der Waals surface area contributed by atoms with Crippen molar-refractivity contribution in [1.82, 2.24) is 19.1 Å². The summed E-state index contributed by atoms with van der Waals surface area (Å²) >= 11 is 0. The number of nitrogens with zero attached hydrogens (tertiary/aromatic N) is 4. The smallest absolute Gasteiger partial charge is 0.327 e. The summed E-state index contributed by atoms with van der Waals surface area (Å²) in [5.74, 6) is 1.86. The van der Waals surface area contributed by atoms with Crippen molar-refractivity contribution in [2.75, 3.05) is 0 Å². The fourth-order valence-corrected chi connectivity index (χ4v) is 5.04. The Kier molecular flexibility index (Phi) is 21.6. The van der Waals surface area contributed by atoms with E-state index in [-0.39, 0.29) is 83.8 Å². The van der Waals surface area contributed by atoms with E-state index in [1.165, 1.54) is 44.8 Å². The standard InChI is InChI=1S/C31H34N4.4ClH.2Cu/c1-7-34(28-13-9-11-15-32-28)30-22(3)17-26(18-23(30)4)21-27-19-24(5)31(25(6)20-27)35(8-2)29-14-10-12-16-33-29;;;;;;/h7-20H,21H2,1-6H3;4*1H;;/q+2;;;;;;/p-4. The third-order valence-corrected chi connectivity index (χ3v) is 6.30. The zero-order chi connectivity index (χ0) is 24.9. The minimum atomic E-state index is 0. The molecule has 4 aromatic rings. The fraction of sp³-hybridized carbons (Fsp3) is 0.226. The van der Waals surface area contributed by atoms with Crippen LogP contribution in [-0.2, 0) is 40.6 Å². The predicted octanol–water partition coefficient (Wildman–Crippen LogP) is -4.84. The Morgan fingerprint density at radius 2 is 0.878 bits per heavy atom. The van der Waals surface area contributed by atoms with Crippen LogP contribution in [0.25, 0.3) is 0 Å². The Balaban J connectivity index is -0.00000241. The summed E-state index contributed by atoms with van der Waals surface area (Å²) in [6.07, 6.45) is 8.74. The molecule has 0 spiro atoms. The van der Waals surface area contributed by atoms with Crippen LogP contribution in [0.3, 0.4) is 0 Å². The molecular formula is C31H34Cl4Cu2N4-2. The molecule has 2 aromatic carbocycles. The first kappa shape index (κ1) is 43.7. The number of halogens is 4. The molecule has 0 fully saturated rings. The van der Waals surface area contributed by atoms with Crippen molar-refractivity contribution in [2.24, 2.45) is 0 Å². The van der Waals surface area contributed by atoms with Gasteiger partial charge in [0.15, 0.2) is 0 Å². The van der Waals surface area contributed by atoms with Crippen LogP contribution in [-0.4, -0.2) is 22.4 Å². The van der Waals surface area contributed by atoms with E-state index in [0.29, 0.717) is 0 Å². The molecule has 0 N–H and O–H groups in total. The Hall–Kier alpha value is -1.72. The van der Waals surface area contributed by atoms with E-state index in [0.717, 1.165) is 18.1 Å². The molecule has 4 rings (SSSR count). The van der Waals surface area contributed by atoms with E-state index in [9.17, 15) is 0 Å². The molecule has 0 saturated heterocycles. The number of pyridine rings is 2. The van der Waals surface area contributed by atoms with Gasteiger partial charge in [0.1, 0.15) is 23.8 Å². The molecule has 0 aliphatic carbocycles. The van der Waals surface area contributed by atoms with E-state index in [1.807, 2.05) is 48.8 Å². The number of hydrogen-bond acceptors (Lipinski definition) is 2. The monoisotopic (exact) mass is 728 g/mol. The van der Waals surface area contributed by atoms with Gasteiger partial charge in [-0.2, -0.15) is 0 Å². The van der Waals surface area contributed by atoms with Crippen molar-refractivity contribution in [3.8, 4) is 0 Å². The van der Waals surface area contributed by atoms with Crippen LogP contribution < -0.4 is 58.8 Å². The van der Waals surface area contributed by atoms with Crippen LogP contribution in [0, 0.1) is 27.7 Å². The minimum absolute atomic E-state index is 0. The summed E-state index contributed by atoms with van der Waals surface area (Å²) in [4.78, 5) is 9.11. The van der Waals surface area contributed by atoms with Crippen molar-refractivity contribution in [2.45, 2.75) is 48.0 Å². The van der Waals surface area contributed by atoms with Gasteiger partial charge in [-0.05, 0) is 103 Å². The summed E-state index contributed by atoms with van der Waals surface area (Å²) in [7, 11) is 0. The first-order valence-electron chi connectivity index (χ1n) is 12.1. The second-order valence-electron chi connectivity index (χ2n) is 8.97. The second-order valence-corrected chi connectivity index (χ2v) is 8.97. The van der Waals surface area contributed by atoms with Gasteiger partial charge < -0.3 is 49.6 Å². The summed E-state index contributed by atoms with van der Waals surface area (Å²) in [6.45, 7) is 12.9. The molecule has 0 aliphatic heterocycles. The maximum Gasteiger partial charge on any atom is 0.327 e. The molecule has 10 heteroatoms. The van der Waals surface area contributed by atoms with Crippen LogP contribution >= 0.6 is 0 Å². The summed E-state index contributed by atoms with van der Waals surface area (Å²) < 4.78 is 4.34. The summed E-state index contributed by atoms with van der Waals surface area (Å²) in [6, 6.07) is 21.3. The van der Waals surface area contributed by atoms with Gasteiger partial charge in [-0.25, -0.2) is 9.15 Å². The van der Waals surface area contributed by atoms with Crippen molar-refractivity contribution in [1.29, 1.82) is 0 Å². The van der Waals surface area contributed by atoms with Crippen LogP contribution in [0.15, 0.2) is 73.1 Å². The molecule has 0 bridgehead atoms. The molecule has 2 heterocycles. The van der Waals surface area contributed by atoms with Crippen LogP contribution in [0.2, 0.25) is 0 Å². The van der Waals surface area contributed by atoms with E-state index >= 15 is 0 Å². The Labute approximate surface area is 290 Å². The molecule has 2 aromatic heterocycles. The van der Waals surface area contributed by atoms with E-state index in [1.54, 1.807) is 0 Å². The Bertz CT molecular complexity index is 1280. The van der Waals surface area contributed by atoms with Gasteiger partial charge in [0.05, 0.1) is 12.4 Å². The molecule has 0 amide bonds. The molecule has 41 heavy (non-hydrogen) atoms. The number of hydrogen-bond donors (Lipinski definition) is 0. The molecule has 230 valence electrons. The summed E-state index contributed by atoms with van der Waals surface area (Å²) in [5.41, 5.74) is 10.0. The normalized spacial score (nSPS) is 10.4. The molecule has 4 nitrogen and oxygen atoms in total. The number of aromatic nitrogens is 2. The maximum atomic E-state index is 4.55. The van der Waals surface area contributed by atoms with Crippen molar-refractivity contribution < 1.29 is 83.8 Å². The molecule has 0 unspecified atom stereocenters. The van der Waals surface area contributed by atoms with Crippen molar-refractivity contribution in [3.05, 3.63) is 106 Å². The van der Waals surface area contributed by atoms with Crippen LogP contribution in [0.1, 0.15) is 47.2 Å². The summed E-state index contributed by atoms with van der Waals surface area (Å²) in [5, 5.41) is 0. The first-order valence-corrected chi connectivity index (χ1v) is 12.1. The van der Waals surface area contributed by atoms with Crippen molar-refractivity contribution >= 4 is 35.4 Å². The third-order valence-electron chi connectivity index (χ3n) is 6.30. The minimum Gasteiger partial charge on any atom is -1.00 e. The second kappa shape index (κ2) is 20.2. The molecular weight excluding hydrogens is 697 g/mol. The molecule has 2 radical (unpaired) electrons. The Morgan fingerprint density at radius 1 is 0.561 bits per heavy atom.